The minimum Gasteiger partial charge on any atom is -0.476 e. The van der Waals surface area contributed by atoms with E-state index in [0.29, 0.717) is 25.0 Å². The molecule has 2 unspecified atom stereocenters. The lowest BCUT2D eigenvalue weighted by molar-refractivity contribution is 0.0452. The molecule has 1 aliphatic carbocycles. The molecule has 34 heavy (non-hydrogen) atoms. The number of aromatic carboxylic acids is 1. The van der Waals surface area contributed by atoms with Gasteiger partial charge in [0, 0.05) is 48.4 Å². The van der Waals surface area contributed by atoms with E-state index >= 15 is 0 Å². The highest BCUT2D eigenvalue weighted by Gasteiger charge is 2.45. The second kappa shape index (κ2) is 9.84. The maximum atomic E-state index is 12.9. The number of hydrogen-bond donors (Lipinski definition) is 1. The van der Waals surface area contributed by atoms with Gasteiger partial charge in [-0.05, 0) is 76.4 Å². The van der Waals surface area contributed by atoms with Crippen LogP contribution < -0.4 is 0 Å². The minimum atomic E-state index is -1.12. The Morgan fingerprint density at radius 2 is 1.82 bits per heavy atom. The Kier molecular flexibility index (Phi) is 6.82. The fraction of sp³-hybridized carbons (Fsp3) is 0.640. The van der Waals surface area contributed by atoms with E-state index in [2.05, 4.69) is 33.1 Å². The lowest BCUT2D eigenvalue weighted by Crippen LogP contribution is -2.56. The number of carbonyl (C=O) groups is 2. The van der Waals surface area contributed by atoms with Crippen LogP contribution in [-0.2, 0) is 0 Å². The molecule has 9 heteroatoms. The number of carboxylic acid groups (broad SMARTS) is 1. The Morgan fingerprint density at radius 3 is 2.53 bits per heavy atom. The van der Waals surface area contributed by atoms with Gasteiger partial charge in [0.2, 0.25) is 0 Å². The van der Waals surface area contributed by atoms with Crippen LogP contribution >= 0.6 is 11.6 Å². The number of halogens is 1. The zero-order valence-electron chi connectivity index (χ0n) is 19.6. The van der Waals surface area contributed by atoms with Crippen LogP contribution in [0.3, 0.4) is 0 Å². The van der Waals surface area contributed by atoms with E-state index in [1.807, 2.05) is 0 Å². The van der Waals surface area contributed by atoms with Crippen LogP contribution in [0.2, 0.25) is 0 Å². The summed E-state index contributed by atoms with van der Waals surface area (Å²) in [5.74, 6) is -0.699. The lowest BCUT2D eigenvalue weighted by Gasteiger charge is -2.47. The number of hydrogen-bond acceptors (Lipinski definition) is 5. The number of allylic oxidation sites excluding steroid dienone is 2. The third-order valence-corrected chi connectivity index (χ3v) is 8.48. The Balaban J connectivity index is 1.23. The molecule has 5 rings (SSSR count). The van der Waals surface area contributed by atoms with Gasteiger partial charge in [-0.15, -0.1) is 0 Å². The first kappa shape index (κ1) is 23.6. The van der Waals surface area contributed by atoms with Crippen LogP contribution in [0.1, 0.15) is 55.4 Å². The van der Waals surface area contributed by atoms with Crippen molar-refractivity contribution in [2.24, 2.45) is 5.92 Å². The molecular weight excluding hydrogens is 454 g/mol. The van der Waals surface area contributed by atoms with Gasteiger partial charge in [0.15, 0.2) is 5.69 Å². The van der Waals surface area contributed by atoms with Crippen LogP contribution in [0.5, 0.6) is 0 Å². The number of aromatic nitrogens is 2. The van der Waals surface area contributed by atoms with Gasteiger partial charge in [-0.25, -0.2) is 9.59 Å². The molecule has 3 fully saturated rings. The SMILES string of the molecule is O=C(O)c1ccn(C(=O)N2CCC3(CCCN3CC3C=CC(Cl)=CC3N3CCCCC3)CC2)n1. The molecule has 4 heterocycles. The van der Waals surface area contributed by atoms with Crippen molar-refractivity contribution >= 4 is 23.6 Å². The molecule has 4 aliphatic rings. The van der Waals surface area contributed by atoms with Crippen molar-refractivity contribution in [2.45, 2.75) is 56.5 Å². The maximum Gasteiger partial charge on any atom is 0.356 e. The Bertz CT molecular complexity index is 975. The quantitative estimate of drug-likeness (QED) is 0.698. The van der Waals surface area contributed by atoms with Crippen LogP contribution in [0.25, 0.3) is 0 Å². The molecule has 1 spiro atoms. The maximum absolute atomic E-state index is 12.9. The summed E-state index contributed by atoms with van der Waals surface area (Å²) in [6.07, 6.45) is 16.1. The predicted octanol–water partition coefficient (Wildman–Crippen LogP) is 3.64. The number of piperidine rings is 2. The number of rotatable bonds is 4. The monoisotopic (exact) mass is 487 g/mol. The van der Waals surface area contributed by atoms with Gasteiger partial charge in [-0.1, -0.05) is 24.1 Å². The summed E-state index contributed by atoms with van der Waals surface area (Å²) in [5, 5.41) is 13.8. The number of carboxylic acids is 1. The van der Waals surface area contributed by atoms with Gasteiger partial charge in [-0.2, -0.15) is 9.78 Å². The van der Waals surface area contributed by atoms with Crippen LogP contribution in [0.4, 0.5) is 4.79 Å². The summed E-state index contributed by atoms with van der Waals surface area (Å²) in [6, 6.07) is 1.48. The van der Waals surface area contributed by atoms with Gasteiger partial charge in [0.1, 0.15) is 0 Å². The van der Waals surface area contributed by atoms with E-state index in [4.69, 9.17) is 16.7 Å². The number of nitrogens with zero attached hydrogens (tertiary/aromatic N) is 5. The van der Waals surface area contributed by atoms with E-state index in [1.54, 1.807) is 4.90 Å². The molecule has 1 aromatic heterocycles. The molecule has 0 aromatic carbocycles. The largest absolute Gasteiger partial charge is 0.476 e. The molecule has 3 aliphatic heterocycles. The van der Waals surface area contributed by atoms with Crippen LogP contribution in [-0.4, -0.2) is 92.4 Å². The fourth-order valence-corrected chi connectivity index (χ4v) is 6.54. The summed E-state index contributed by atoms with van der Waals surface area (Å²) in [6.45, 7) is 5.75. The van der Waals surface area contributed by atoms with E-state index < -0.39 is 5.97 Å². The summed E-state index contributed by atoms with van der Waals surface area (Å²) < 4.78 is 1.15. The third kappa shape index (κ3) is 4.68. The molecule has 3 saturated heterocycles. The summed E-state index contributed by atoms with van der Waals surface area (Å²) in [4.78, 5) is 31.1. The van der Waals surface area contributed by atoms with E-state index in [0.717, 1.165) is 48.7 Å². The Hall–Kier alpha value is -2.16. The molecule has 0 saturated carbocycles. The van der Waals surface area contributed by atoms with E-state index in [-0.39, 0.29) is 17.3 Å². The van der Waals surface area contributed by atoms with Crippen molar-refractivity contribution in [1.82, 2.24) is 24.5 Å². The lowest BCUT2D eigenvalue weighted by atomic mass is 9.83. The topological polar surface area (TPSA) is 81.9 Å². The molecular formula is C25H34ClN5O3. The first-order valence-electron chi connectivity index (χ1n) is 12.6. The molecule has 1 N–H and O–H groups in total. The van der Waals surface area contributed by atoms with Gasteiger partial charge < -0.3 is 10.0 Å². The molecule has 184 valence electrons. The third-order valence-electron chi connectivity index (χ3n) is 8.22. The minimum absolute atomic E-state index is 0.109. The first-order chi connectivity index (χ1) is 16.4. The molecule has 1 aromatic rings. The second-order valence-corrected chi connectivity index (χ2v) is 10.6. The average molecular weight is 488 g/mol. The summed E-state index contributed by atoms with van der Waals surface area (Å²) >= 11 is 6.43. The number of carbonyl (C=O) groups excluding carboxylic acids is 1. The Labute approximate surface area is 205 Å². The highest BCUT2D eigenvalue weighted by atomic mass is 35.5. The van der Waals surface area contributed by atoms with Crippen LogP contribution in [0, 0.1) is 5.92 Å². The van der Waals surface area contributed by atoms with Gasteiger partial charge in [0.25, 0.3) is 0 Å². The summed E-state index contributed by atoms with van der Waals surface area (Å²) in [5.41, 5.74) is 0.0278. The second-order valence-electron chi connectivity index (χ2n) is 10.2. The van der Waals surface area contributed by atoms with E-state index in [9.17, 15) is 9.59 Å². The standard InChI is InChI=1S/C25H34ClN5O3/c26-20-6-5-19(22(17-20)28-11-2-1-3-12-28)18-30-13-4-8-25(30)9-15-29(16-10-25)24(34)31-14-7-21(27-31)23(32)33/h5-7,14,17,19,22H,1-4,8-13,15-16,18H2,(H,32,33). The molecule has 2 atom stereocenters. The number of amides is 1. The molecule has 8 nitrogen and oxygen atoms in total. The molecule has 0 radical (unpaired) electrons. The van der Waals surface area contributed by atoms with Crippen molar-refractivity contribution in [3.8, 4) is 0 Å². The fourth-order valence-electron chi connectivity index (χ4n) is 6.34. The molecule has 1 amide bonds. The summed E-state index contributed by atoms with van der Waals surface area (Å²) in [7, 11) is 0. The zero-order chi connectivity index (χ0) is 23.7. The smallest absolute Gasteiger partial charge is 0.356 e. The van der Waals surface area contributed by atoms with Crippen LogP contribution in [0.15, 0.2) is 35.5 Å². The normalized spacial score (nSPS) is 27.8. The van der Waals surface area contributed by atoms with Crippen molar-refractivity contribution in [3.05, 3.63) is 41.2 Å². The molecule has 0 bridgehead atoms. The average Bonchev–Trinajstić information content (AvgIpc) is 3.49. The predicted molar refractivity (Wildman–Crippen MR) is 130 cm³/mol. The highest BCUT2D eigenvalue weighted by Crippen LogP contribution is 2.40. The Morgan fingerprint density at radius 1 is 1.06 bits per heavy atom. The van der Waals surface area contributed by atoms with Crippen molar-refractivity contribution in [2.75, 3.05) is 39.3 Å². The van der Waals surface area contributed by atoms with Crippen molar-refractivity contribution < 1.29 is 14.7 Å². The van der Waals surface area contributed by atoms with Crippen molar-refractivity contribution in [1.29, 1.82) is 0 Å². The van der Waals surface area contributed by atoms with E-state index in [1.165, 1.54) is 44.4 Å². The zero-order valence-corrected chi connectivity index (χ0v) is 20.4. The van der Waals surface area contributed by atoms with Crippen molar-refractivity contribution in [3.63, 3.8) is 0 Å². The highest BCUT2D eigenvalue weighted by molar-refractivity contribution is 6.31. The van der Waals surface area contributed by atoms with Gasteiger partial charge in [-0.3, -0.25) is 9.80 Å². The van der Waals surface area contributed by atoms with Gasteiger partial charge in [0.05, 0.1) is 0 Å². The number of likely N-dealkylation sites (tertiary alicyclic amines) is 3. The first-order valence-corrected chi connectivity index (χ1v) is 13.0. The van der Waals surface area contributed by atoms with Gasteiger partial charge >= 0.3 is 12.0 Å².